The number of likely N-dealkylation sites (N-methyl/N-ethyl adjacent to an activating group) is 1. The highest BCUT2D eigenvalue weighted by Crippen LogP contribution is 2.43. The molecule has 1 aliphatic heterocycles. The number of rotatable bonds is 8. The first-order valence-electron chi connectivity index (χ1n) is 11.6. The third kappa shape index (κ3) is 5.97. The number of ether oxygens (including phenoxy) is 2. The molecule has 0 saturated carbocycles. The van der Waals surface area contributed by atoms with E-state index in [2.05, 4.69) is 0 Å². The summed E-state index contributed by atoms with van der Waals surface area (Å²) in [4.78, 5) is 28.1. The highest BCUT2D eigenvalue weighted by molar-refractivity contribution is 7.12. The van der Waals surface area contributed by atoms with Gasteiger partial charge in [0.15, 0.2) is 0 Å². The maximum Gasteiger partial charge on any atom is 0.426 e. The van der Waals surface area contributed by atoms with Crippen molar-refractivity contribution in [2.75, 3.05) is 32.6 Å². The van der Waals surface area contributed by atoms with E-state index < -0.39 is 23.1 Å². The SMILES string of the molecule is COC(=O)C[C@H](C(=O)N1CCc2cc(OCc3cc(-c4ccccc4)c(C(F)(F)F)s3)ccc21)N(C)C. The van der Waals surface area contributed by atoms with Gasteiger partial charge in [-0.05, 0) is 55.9 Å². The van der Waals surface area contributed by atoms with E-state index in [4.69, 9.17) is 9.47 Å². The zero-order valence-electron chi connectivity index (χ0n) is 20.7. The summed E-state index contributed by atoms with van der Waals surface area (Å²) in [5.41, 5.74) is 2.27. The lowest BCUT2D eigenvalue weighted by Crippen LogP contribution is -2.46. The number of anilines is 1. The number of methoxy groups -OCH3 is 1. The summed E-state index contributed by atoms with van der Waals surface area (Å²) in [7, 11) is 4.75. The maximum atomic E-state index is 13.7. The minimum Gasteiger partial charge on any atom is -0.488 e. The van der Waals surface area contributed by atoms with Gasteiger partial charge in [0.25, 0.3) is 0 Å². The first kappa shape index (κ1) is 26.7. The Morgan fingerprint density at radius 1 is 1.11 bits per heavy atom. The van der Waals surface area contributed by atoms with E-state index in [1.807, 2.05) is 6.07 Å². The van der Waals surface area contributed by atoms with Gasteiger partial charge >= 0.3 is 12.1 Å². The number of benzene rings is 2. The molecule has 0 spiro atoms. The zero-order chi connectivity index (χ0) is 26.7. The quantitative estimate of drug-likeness (QED) is 0.364. The smallest absolute Gasteiger partial charge is 0.426 e. The van der Waals surface area contributed by atoms with E-state index in [0.29, 0.717) is 40.5 Å². The van der Waals surface area contributed by atoms with Crippen LogP contribution in [0.1, 0.15) is 21.7 Å². The predicted molar refractivity (Wildman–Crippen MR) is 136 cm³/mol. The molecule has 4 rings (SSSR count). The molecule has 0 saturated heterocycles. The highest BCUT2D eigenvalue weighted by atomic mass is 32.1. The molecule has 2 heterocycles. The van der Waals surface area contributed by atoms with E-state index in [1.54, 1.807) is 66.4 Å². The second-order valence-corrected chi connectivity index (χ2v) is 10.0. The lowest BCUT2D eigenvalue weighted by molar-refractivity contribution is -0.144. The maximum absolute atomic E-state index is 13.7. The fraction of sp³-hybridized carbons (Fsp3) is 0.333. The summed E-state index contributed by atoms with van der Waals surface area (Å²) in [5.74, 6) is -0.155. The molecular formula is C27H27F3N2O4S. The monoisotopic (exact) mass is 532 g/mol. The van der Waals surface area contributed by atoms with Crippen molar-refractivity contribution in [1.82, 2.24) is 4.90 Å². The van der Waals surface area contributed by atoms with E-state index in [1.165, 1.54) is 13.2 Å². The molecule has 1 atom stereocenters. The van der Waals surface area contributed by atoms with E-state index in [-0.39, 0.29) is 24.5 Å². The Morgan fingerprint density at radius 2 is 1.84 bits per heavy atom. The number of halogens is 3. The molecule has 0 N–H and O–H groups in total. The van der Waals surface area contributed by atoms with Gasteiger partial charge < -0.3 is 14.4 Å². The second-order valence-electron chi connectivity index (χ2n) is 8.90. The van der Waals surface area contributed by atoms with Crippen LogP contribution in [0.3, 0.4) is 0 Å². The molecule has 2 aromatic carbocycles. The molecule has 3 aromatic rings. The van der Waals surface area contributed by atoms with E-state index in [0.717, 1.165) is 11.3 Å². The van der Waals surface area contributed by atoms with Crippen LogP contribution in [-0.2, 0) is 33.5 Å². The van der Waals surface area contributed by atoms with Crippen molar-refractivity contribution in [2.24, 2.45) is 0 Å². The van der Waals surface area contributed by atoms with Crippen LogP contribution in [0.2, 0.25) is 0 Å². The van der Waals surface area contributed by atoms with Gasteiger partial charge in [-0.2, -0.15) is 13.2 Å². The first-order chi connectivity index (χ1) is 17.6. The van der Waals surface area contributed by atoms with Gasteiger partial charge in [0, 0.05) is 22.7 Å². The molecule has 6 nitrogen and oxygen atoms in total. The largest absolute Gasteiger partial charge is 0.488 e. The molecule has 1 aliphatic rings. The molecule has 196 valence electrons. The van der Waals surface area contributed by atoms with Gasteiger partial charge in [0.05, 0.1) is 19.6 Å². The molecular weight excluding hydrogens is 505 g/mol. The topological polar surface area (TPSA) is 59.1 Å². The van der Waals surface area contributed by atoms with Gasteiger partial charge in [-0.1, -0.05) is 30.3 Å². The molecule has 37 heavy (non-hydrogen) atoms. The van der Waals surface area contributed by atoms with Crippen LogP contribution in [-0.4, -0.2) is 50.6 Å². The number of hydrogen-bond donors (Lipinski definition) is 0. The van der Waals surface area contributed by atoms with Gasteiger partial charge in [0.2, 0.25) is 5.91 Å². The molecule has 1 aromatic heterocycles. The number of esters is 1. The lowest BCUT2D eigenvalue weighted by atomic mass is 10.1. The van der Waals surface area contributed by atoms with Crippen molar-refractivity contribution in [1.29, 1.82) is 0 Å². The predicted octanol–water partition coefficient (Wildman–Crippen LogP) is 5.40. The van der Waals surface area contributed by atoms with Crippen molar-refractivity contribution in [3.05, 3.63) is 69.9 Å². The summed E-state index contributed by atoms with van der Waals surface area (Å²) in [6.07, 6.45) is -3.91. The number of amides is 1. The van der Waals surface area contributed by atoms with Gasteiger partial charge in [0.1, 0.15) is 17.2 Å². The van der Waals surface area contributed by atoms with Crippen molar-refractivity contribution >= 4 is 28.9 Å². The summed E-state index contributed by atoms with van der Waals surface area (Å²) in [5, 5.41) is 0. The van der Waals surface area contributed by atoms with Crippen LogP contribution >= 0.6 is 11.3 Å². The fourth-order valence-corrected chi connectivity index (χ4v) is 5.28. The third-order valence-electron chi connectivity index (χ3n) is 6.22. The fourth-order valence-electron chi connectivity index (χ4n) is 4.32. The van der Waals surface area contributed by atoms with Crippen LogP contribution in [0.5, 0.6) is 5.75 Å². The highest BCUT2D eigenvalue weighted by Gasteiger charge is 2.36. The minimum atomic E-state index is -4.46. The first-order valence-corrected chi connectivity index (χ1v) is 12.5. The second kappa shape index (κ2) is 10.9. The molecule has 1 amide bonds. The molecule has 0 aliphatic carbocycles. The average molecular weight is 533 g/mol. The van der Waals surface area contributed by atoms with Crippen LogP contribution in [0, 0.1) is 0 Å². The molecule has 0 unspecified atom stereocenters. The Labute approximate surface area is 217 Å². The Balaban J connectivity index is 1.49. The van der Waals surface area contributed by atoms with Crippen LogP contribution in [0.4, 0.5) is 18.9 Å². The van der Waals surface area contributed by atoms with Gasteiger partial charge in [-0.15, -0.1) is 11.3 Å². The number of thiophene rings is 1. The van der Waals surface area contributed by atoms with Crippen molar-refractivity contribution in [3.63, 3.8) is 0 Å². The molecule has 0 bridgehead atoms. The van der Waals surface area contributed by atoms with Crippen LogP contribution < -0.4 is 9.64 Å². The summed E-state index contributed by atoms with van der Waals surface area (Å²) < 4.78 is 51.6. The Morgan fingerprint density at radius 3 is 2.49 bits per heavy atom. The van der Waals surface area contributed by atoms with Crippen molar-refractivity contribution in [2.45, 2.75) is 31.7 Å². The Kier molecular flexibility index (Phi) is 7.89. The third-order valence-corrected chi connectivity index (χ3v) is 7.37. The van der Waals surface area contributed by atoms with Crippen LogP contribution in [0.15, 0.2) is 54.6 Å². The number of carbonyl (C=O) groups is 2. The van der Waals surface area contributed by atoms with Gasteiger partial charge in [-0.3, -0.25) is 14.5 Å². The number of carbonyl (C=O) groups excluding carboxylic acids is 2. The van der Waals surface area contributed by atoms with Crippen molar-refractivity contribution < 1.29 is 32.2 Å². The average Bonchev–Trinajstić information content (AvgIpc) is 3.50. The number of nitrogens with zero attached hydrogens (tertiary/aromatic N) is 2. The van der Waals surface area contributed by atoms with Crippen molar-refractivity contribution in [3.8, 4) is 16.9 Å². The van der Waals surface area contributed by atoms with E-state index >= 15 is 0 Å². The molecule has 0 radical (unpaired) electrons. The summed E-state index contributed by atoms with van der Waals surface area (Å²) >= 11 is 0.677. The molecule has 10 heteroatoms. The number of alkyl halides is 3. The standard InChI is InChI=1S/C27H27F3N2O4S/c1-31(2)23(15-24(33)35-3)26(34)32-12-11-18-13-19(9-10-22(18)32)36-16-20-14-21(17-7-5-4-6-8-17)25(37-20)27(28,29)30/h4-10,13-14,23H,11-12,15-16H2,1-3H3/t23-/m1/s1. The normalized spacial score (nSPS) is 14.0. The number of fused-ring (bicyclic) bond motifs is 1. The Hall–Kier alpha value is -3.37. The van der Waals surface area contributed by atoms with Crippen LogP contribution in [0.25, 0.3) is 11.1 Å². The summed E-state index contributed by atoms with van der Waals surface area (Å²) in [6.45, 7) is 0.452. The lowest BCUT2D eigenvalue weighted by Gasteiger charge is -2.27. The van der Waals surface area contributed by atoms with Gasteiger partial charge in [-0.25, -0.2) is 0 Å². The Bertz CT molecular complexity index is 1270. The minimum absolute atomic E-state index is 0.0101. The summed E-state index contributed by atoms with van der Waals surface area (Å²) in [6, 6.07) is 14.6. The zero-order valence-corrected chi connectivity index (χ0v) is 21.5. The van der Waals surface area contributed by atoms with E-state index in [9.17, 15) is 22.8 Å². The number of hydrogen-bond acceptors (Lipinski definition) is 6. The molecule has 0 fully saturated rings.